The Kier molecular flexibility index (Phi) is 14.6. The van der Waals surface area contributed by atoms with Crippen LogP contribution in [-0.2, 0) is 30.3 Å². The summed E-state index contributed by atoms with van der Waals surface area (Å²) in [4.78, 5) is 49.4. The number of nitrogens with zero attached hydrogens (tertiary/aromatic N) is 4. The van der Waals surface area contributed by atoms with E-state index in [4.69, 9.17) is 35.5 Å². The van der Waals surface area contributed by atoms with Crippen molar-refractivity contribution in [3.63, 3.8) is 0 Å². The standard InChI is InChI=1S/C43H58ClN5O7/c1-28(2)55-37-23-35-31(21-36(37)53-7)22-39(50)49(42(35)30-11-13-32(44)14-12-30)38-18-17-34(24-46-38)47(6)26-29-9-15-33(16-10-29)48(27-41(52)54-8)20-19-45-25-40(51)56-43(3,4)5/h11-14,17-18,21,23-24,28-29,33,42,45H,9-10,15-16,19-20,22,25-27H2,1-8H3/t29?,33?,42-/m0/s1. The Hall–Kier alpha value is -4.39. The lowest BCUT2D eigenvalue weighted by Crippen LogP contribution is -2.46. The second-order valence-electron chi connectivity index (χ2n) is 16.0. The fourth-order valence-corrected chi connectivity index (χ4v) is 7.77. The lowest BCUT2D eigenvalue weighted by Gasteiger charge is -2.38. The minimum Gasteiger partial charge on any atom is -0.493 e. The summed E-state index contributed by atoms with van der Waals surface area (Å²) >= 11 is 6.29. The number of methoxy groups -OCH3 is 2. The molecule has 1 aliphatic heterocycles. The number of hydrogen-bond acceptors (Lipinski definition) is 11. The number of esters is 2. The lowest BCUT2D eigenvalue weighted by molar-refractivity contribution is -0.153. The number of benzene rings is 2. The van der Waals surface area contributed by atoms with E-state index in [0.29, 0.717) is 41.3 Å². The van der Waals surface area contributed by atoms with E-state index in [0.717, 1.165) is 54.6 Å². The van der Waals surface area contributed by atoms with Gasteiger partial charge < -0.3 is 29.2 Å². The number of fused-ring (bicyclic) bond motifs is 1. The van der Waals surface area contributed by atoms with Gasteiger partial charge in [0.2, 0.25) is 5.91 Å². The molecule has 1 saturated carbocycles. The third kappa shape index (κ3) is 11.4. The Bertz CT molecular complexity index is 1790. The number of ether oxygens (including phenoxy) is 4. The quantitative estimate of drug-likeness (QED) is 0.125. The SMILES string of the molecule is COC(=O)CN(CCNCC(=O)OC(C)(C)C)C1CCC(CN(C)c2ccc(N3C(=O)Cc4cc(OC)c(OC(C)C)cc4[C@@H]3c3ccc(Cl)cc3)nc2)CC1. The molecule has 1 fully saturated rings. The number of halogens is 1. The third-order valence-electron chi connectivity index (χ3n) is 10.2. The molecule has 1 aliphatic carbocycles. The van der Waals surface area contributed by atoms with Crippen molar-refractivity contribution in [2.45, 2.75) is 90.5 Å². The Morgan fingerprint density at radius 3 is 2.32 bits per heavy atom. The summed E-state index contributed by atoms with van der Waals surface area (Å²) in [7, 11) is 5.09. The fraction of sp³-hybridized carbons (Fsp3) is 0.535. The molecule has 304 valence electrons. The molecule has 2 aromatic carbocycles. The minimum atomic E-state index is -0.532. The maximum Gasteiger partial charge on any atom is 0.320 e. The predicted molar refractivity (Wildman–Crippen MR) is 219 cm³/mol. The van der Waals surface area contributed by atoms with Crippen molar-refractivity contribution >= 4 is 41.0 Å². The summed E-state index contributed by atoms with van der Waals surface area (Å²) in [6.45, 7) is 11.8. The molecule has 2 aliphatic rings. The van der Waals surface area contributed by atoms with Gasteiger partial charge in [0.05, 0.1) is 57.8 Å². The van der Waals surface area contributed by atoms with Crippen LogP contribution in [0.1, 0.15) is 83.0 Å². The minimum absolute atomic E-state index is 0.0641. The van der Waals surface area contributed by atoms with Gasteiger partial charge in [-0.2, -0.15) is 0 Å². The molecule has 0 unspecified atom stereocenters. The molecular formula is C43H58ClN5O7. The molecular weight excluding hydrogens is 734 g/mol. The first-order valence-electron chi connectivity index (χ1n) is 19.5. The van der Waals surface area contributed by atoms with Crippen LogP contribution in [0.15, 0.2) is 54.7 Å². The molecule has 1 N–H and O–H groups in total. The average Bonchev–Trinajstić information content (AvgIpc) is 3.15. The first-order valence-corrected chi connectivity index (χ1v) is 19.9. The molecule has 13 heteroatoms. The van der Waals surface area contributed by atoms with Crippen molar-refractivity contribution in [3.8, 4) is 11.5 Å². The zero-order valence-electron chi connectivity index (χ0n) is 34.1. The van der Waals surface area contributed by atoms with Crippen LogP contribution in [0.4, 0.5) is 11.5 Å². The van der Waals surface area contributed by atoms with E-state index in [1.807, 2.05) is 89.3 Å². The summed E-state index contributed by atoms with van der Waals surface area (Å²) in [5, 5.41) is 3.78. The molecule has 3 aromatic rings. The summed E-state index contributed by atoms with van der Waals surface area (Å²) in [6, 6.07) is 15.2. The van der Waals surface area contributed by atoms with Crippen LogP contribution in [-0.4, -0.2) is 99.5 Å². The number of aromatic nitrogens is 1. The molecule has 5 rings (SSSR count). The molecule has 0 radical (unpaired) electrons. The Morgan fingerprint density at radius 2 is 1.71 bits per heavy atom. The van der Waals surface area contributed by atoms with E-state index in [1.165, 1.54) is 7.11 Å². The van der Waals surface area contributed by atoms with Gasteiger partial charge in [0, 0.05) is 37.7 Å². The number of hydrogen-bond donors (Lipinski definition) is 1. The molecule has 2 heterocycles. The molecule has 56 heavy (non-hydrogen) atoms. The van der Waals surface area contributed by atoms with Crippen molar-refractivity contribution in [1.82, 2.24) is 15.2 Å². The summed E-state index contributed by atoms with van der Waals surface area (Å²) in [5.74, 6) is 1.61. The van der Waals surface area contributed by atoms with Gasteiger partial charge in [0.1, 0.15) is 11.4 Å². The fourth-order valence-electron chi connectivity index (χ4n) is 7.64. The highest BCUT2D eigenvalue weighted by Gasteiger charge is 2.37. The van der Waals surface area contributed by atoms with Crippen LogP contribution in [0.25, 0.3) is 0 Å². The molecule has 0 saturated heterocycles. The average molecular weight is 792 g/mol. The van der Waals surface area contributed by atoms with E-state index in [-0.39, 0.29) is 49.5 Å². The molecule has 1 aromatic heterocycles. The largest absolute Gasteiger partial charge is 0.493 e. The van der Waals surface area contributed by atoms with Gasteiger partial charge in [0.15, 0.2) is 11.5 Å². The topological polar surface area (TPSA) is 123 Å². The van der Waals surface area contributed by atoms with Crippen LogP contribution >= 0.6 is 11.6 Å². The van der Waals surface area contributed by atoms with E-state index in [2.05, 4.69) is 22.2 Å². The number of anilines is 2. The number of amides is 1. The van der Waals surface area contributed by atoms with E-state index >= 15 is 0 Å². The number of pyridine rings is 1. The van der Waals surface area contributed by atoms with Gasteiger partial charge in [-0.1, -0.05) is 23.7 Å². The number of nitrogens with one attached hydrogen (secondary N) is 1. The number of rotatable bonds is 16. The van der Waals surface area contributed by atoms with Gasteiger partial charge in [0.25, 0.3) is 0 Å². The highest BCUT2D eigenvalue weighted by atomic mass is 35.5. The zero-order valence-corrected chi connectivity index (χ0v) is 34.9. The van der Waals surface area contributed by atoms with Crippen molar-refractivity contribution in [2.24, 2.45) is 5.92 Å². The van der Waals surface area contributed by atoms with Gasteiger partial charge in [-0.05, 0) is 119 Å². The van der Waals surface area contributed by atoms with Gasteiger partial charge in [-0.25, -0.2) is 4.98 Å². The van der Waals surface area contributed by atoms with E-state index in [1.54, 1.807) is 12.0 Å². The highest BCUT2D eigenvalue weighted by molar-refractivity contribution is 6.30. The highest BCUT2D eigenvalue weighted by Crippen LogP contribution is 2.43. The zero-order chi connectivity index (χ0) is 40.6. The molecule has 0 bridgehead atoms. The van der Waals surface area contributed by atoms with Gasteiger partial charge in [-0.3, -0.25) is 24.2 Å². The summed E-state index contributed by atoms with van der Waals surface area (Å²) in [5.41, 5.74) is 3.17. The van der Waals surface area contributed by atoms with E-state index < -0.39 is 11.6 Å². The normalized spacial score (nSPS) is 18.4. The first kappa shape index (κ1) is 42.7. The Balaban J connectivity index is 1.24. The van der Waals surface area contributed by atoms with Crippen molar-refractivity contribution < 1.29 is 33.3 Å². The molecule has 1 atom stereocenters. The molecule has 1 amide bonds. The van der Waals surface area contributed by atoms with Crippen molar-refractivity contribution in [3.05, 3.63) is 76.4 Å². The smallest absolute Gasteiger partial charge is 0.320 e. The Morgan fingerprint density at radius 1 is 1.00 bits per heavy atom. The van der Waals surface area contributed by atoms with E-state index in [9.17, 15) is 14.4 Å². The second kappa shape index (κ2) is 19.2. The molecule has 12 nitrogen and oxygen atoms in total. The monoisotopic (exact) mass is 791 g/mol. The van der Waals surface area contributed by atoms with Crippen LogP contribution < -0.4 is 24.6 Å². The van der Waals surface area contributed by atoms with Crippen LogP contribution in [0.5, 0.6) is 11.5 Å². The number of carbonyl (C=O) groups is 3. The van der Waals surface area contributed by atoms with Crippen molar-refractivity contribution in [1.29, 1.82) is 0 Å². The predicted octanol–water partition coefficient (Wildman–Crippen LogP) is 6.61. The van der Waals surface area contributed by atoms with Crippen LogP contribution in [0.2, 0.25) is 5.02 Å². The number of carbonyl (C=O) groups excluding carboxylic acids is 3. The summed E-state index contributed by atoms with van der Waals surface area (Å²) in [6.07, 6.45) is 5.92. The van der Waals surface area contributed by atoms with Gasteiger partial charge in [-0.15, -0.1) is 0 Å². The van der Waals surface area contributed by atoms with Crippen molar-refractivity contribution in [2.75, 3.05) is 63.8 Å². The third-order valence-corrected chi connectivity index (χ3v) is 10.5. The summed E-state index contributed by atoms with van der Waals surface area (Å²) < 4.78 is 22.2. The molecule has 0 spiro atoms. The first-order chi connectivity index (χ1) is 26.6. The lowest BCUT2D eigenvalue weighted by atomic mass is 9.85. The Labute approximate surface area is 336 Å². The van der Waals surface area contributed by atoms with Crippen LogP contribution in [0.3, 0.4) is 0 Å². The second-order valence-corrected chi connectivity index (χ2v) is 16.4. The maximum atomic E-state index is 14.0. The van der Waals surface area contributed by atoms with Gasteiger partial charge >= 0.3 is 11.9 Å². The van der Waals surface area contributed by atoms with Crippen LogP contribution in [0, 0.1) is 5.92 Å². The maximum absolute atomic E-state index is 14.0.